The van der Waals surface area contributed by atoms with Crippen LogP contribution in [0, 0.1) is 11.3 Å². The smallest absolute Gasteiger partial charge is 0.183 e. The van der Waals surface area contributed by atoms with Gasteiger partial charge in [0.2, 0.25) is 0 Å². The number of rotatable bonds is 5. The molecule has 1 aromatic heterocycles. The number of nitriles is 1. The van der Waals surface area contributed by atoms with E-state index < -0.39 is 5.92 Å². The number of benzene rings is 1. The highest BCUT2D eigenvalue weighted by Gasteiger charge is 2.25. The Kier molecular flexibility index (Phi) is 3.98. The van der Waals surface area contributed by atoms with Gasteiger partial charge in [0.1, 0.15) is 12.4 Å². The maximum Gasteiger partial charge on any atom is 0.183 e. The van der Waals surface area contributed by atoms with E-state index in [4.69, 9.17) is 4.74 Å². The van der Waals surface area contributed by atoms with Gasteiger partial charge in [0, 0.05) is 0 Å². The lowest BCUT2D eigenvalue weighted by Gasteiger charge is -2.11. The van der Waals surface area contributed by atoms with Crippen LogP contribution in [0.25, 0.3) is 11.0 Å². The zero-order valence-corrected chi connectivity index (χ0v) is 11.7. The third-order valence-electron chi connectivity index (χ3n) is 3.90. The number of aromatic nitrogens is 2. The quantitative estimate of drug-likeness (QED) is 0.915. The van der Waals surface area contributed by atoms with Crippen molar-refractivity contribution in [2.45, 2.75) is 37.7 Å². The van der Waals surface area contributed by atoms with E-state index in [2.05, 4.69) is 9.97 Å². The summed E-state index contributed by atoms with van der Waals surface area (Å²) < 4.78 is 5.60. The Morgan fingerprint density at radius 1 is 1.43 bits per heavy atom. The van der Waals surface area contributed by atoms with Crippen LogP contribution in [0.4, 0.5) is 0 Å². The number of ether oxygens (including phenoxy) is 1. The first-order chi connectivity index (χ1) is 10.3. The fourth-order valence-electron chi connectivity index (χ4n) is 2.73. The molecule has 5 nitrogen and oxygen atoms in total. The highest BCUT2D eigenvalue weighted by molar-refractivity contribution is 5.89. The first kappa shape index (κ1) is 13.8. The fraction of sp³-hybridized carbons (Fsp3) is 0.438. The Labute approximate surface area is 122 Å². The van der Waals surface area contributed by atoms with Crippen molar-refractivity contribution in [3.8, 4) is 6.07 Å². The first-order valence-corrected chi connectivity index (χ1v) is 7.26. The number of hydrogen-bond acceptors (Lipinski definition) is 4. The molecule has 1 aliphatic rings. The van der Waals surface area contributed by atoms with E-state index in [1.807, 2.05) is 30.3 Å². The molecule has 1 heterocycles. The fourth-order valence-corrected chi connectivity index (χ4v) is 2.73. The Morgan fingerprint density at radius 3 is 2.90 bits per heavy atom. The molecule has 0 aliphatic heterocycles. The summed E-state index contributed by atoms with van der Waals surface area (Å²) in [6.45, 7) is -0.0139. The number of Topliss-reactive ketones (excluding diaryl/α,β-unsaturated/α-hetero) is 1. The number of H-pyrrole nitrogens is 1. The minimum Gasteiger partial charge on any atom is -0.370 e. The molecule has 108 valence electrons. The number of carbonyl (C=O) groups excluding carboxylic acids is 1. The molecule has 5 heteroatoms. The number of nitrogens with zero attached hydrogens (tertiary/aromatic N) is 2. The number of fused-ring (bicyclic) bond motifs is 1. The molecule has 0 saturated heterocycles. The molecule has 0 spiro atoms. The van der Waals surface area contributed by atoms with E-state index in [-0.39, 0.29) is 18.5 Å². The van der Waals surface area contributed by atoms with Crippen molar-refractivity contribution >= 4 is 16.8 Å². The second-order valence-electron chi connectivity index (χ2n) is 5.39. The van der Waals surface area contributed by atoms with Gasteiger partial charge >= 0.3 is 0 Å². The number of ketones is 1. The van der Waals surface area contributed by atoms with Crippen molar-refractivity contribution in [1.82, 2.24) is 9.97 Å². The van der Waals surface area contributed by atoms with Gasteiger partial charge in [0.05, 0.1) is 23.2 Å². The van der Waals surface area contributed by atoms with E-state index in [0.29, 0.717) is 5.82 Å². The SMILES string of the molecule is N#C[C@@H](C(=O)COC1CCCC1)c1nc2ccccc2[nH]1. The Bertz CT molecular complexity index is 647. The lowest BCUT2D eigenvalue weighted by molar-refractivity contribution is -0.125. The second-order valence-corrected chi connectivity index (χ2v) is 5.39. The van der Waals surface area contributed by atoms with Gasteiger partial charge in [0.15, 0.2) is 11.7 Å². The number of hydrogen-bond donors (Lipinski definition) is 1. The van der Waals surface area contributed by atoms with Crippen LogP contribution in [0.5, 0.6) is 0 Å². The Morgan fingerprint density at radius 2 is 2.19 bits per heavy atom. The van der Waals surface area contributed by atoms with E-state index in [0.717, 1.165) is 36.7 Å². The molecule has 1 atom stereocenters. The van der Waals surface area contributed by atoms with Gasteiger partial charge < -0.3 is 9.72 Å². The number of para-hydroxylation sites is 2. The Hall–Kier alpha value is -2.19. The molecular weight excluding hydrogens is 266 g/mol. The van der Waals surface area contributed by atoms with Gasteiger partial charge in [-0.05, 0) is 25.0 Å². The maximum absolute atomic E-state index is 12.2. The molecule has 0 amide bonds. The van der Waals surface area contributed by atoms with E-state index in [9.17, 15) is 10.1 Å². The molecule has 0 radical (unpaired) electrons. The van der Waals surface area contributed by atoms with Crippen LogP contribution >= 0.6 is 0 Å². The van der Waals surface area contributed by atoms with Crippen molar-refractivity contribution in [2.24, 2.45) is 0 Å². The highest BCUT2D eigenvalue weighted by atomic mass is 16.5. The normalized spacial score (nSPS) is 16.9. The van der Waals surface area contributed by atoms with Crippen LogP contribution in [-0.4, -0.2) is 28.5 Å². The van der Waals surface area contributed by atoms with Crippen LogP contribution in [0.15, 0.2) is 24.3 Å². The van der Waals surface area contributed by atoms with E-state index >= 15 is 0 Å². The van der Waals surface area contributed by atoms with Crippen molar-refractivity contribution in [1.29, 1.82) is 5.26 Å². The van der Waals surface area contributed by atoms with Crippen molar-refractivity contribution in [2.75, 3.05) is 6.61 Å². The lowest BCUT2D eigenvalue weighted by Crippen LogP contribution is -2.21. The molecule has 1 N–H and O–H groups in total. The summed E-state index contributed by atoms with van der Waals surface area (Å²) in [6, 6.07) is 9.52. The van der Waals surface area contributed by atoms with E-state index in [1.165, 1.54) is 0 Å². The summed E-state index contributed by atoms with van der Waals surface area (Å²) >= 11 is 0. The molecule has 1 saturated carbocycles. The summed E-state index contributed by atoms with van der Waals surface area (Å²) in [7, 11) is 0. The largest absolute Gasteiger partial charge is 0.370 e. The van der Waals surface area contributed by atoms with Crippen molar-refractivity contribution in [3.05, 3.63) is 30.1 Å². The lowest BCUT2D eigenvalue weighted by atomic mass is 10.1. The monoisotopic (exact) mass is 283 g/mol. The molecular formula is C16H17N3O2. The van der Waals surface area contributed by atoms with Crippen LogP contribution in [0.3, 0.4) is 0 Å². The number of nitrogens with one attached hydrogen (secondary N) is 1. The van der Waals surface area contributed by atoms with Gasteiger partial charge in [-0.1, -0.05) is 25.0 Å². The molecule has 0 bridgehead atoms. The zero-order valence-electron chi connectivity index (χ0n) is 11.7. The third-order valence-corrected chi connectivity index (χ3v) is 3.90. The highest BCUT2D eigenvalue weighted by Crippen LogP contribution is 2.22. The van der Waals surface area contributed by atoms with Crippen molar-refractivity contribution < 1.29 is 9.53 Å². The van der Waals surface area contributed by atoms with Crippen LogP contribution in [-0.2, 0) is 9.53 Å². The van der Waals surface area contributed by atoms with Crippen LogP contribution in [0.2, 0.25) is 0 Å². The number of imidazole rings is 1. The first-order valence-electron chi connectivity index (χ1n) is 7.26. The van der Waals surface area contributed by atoms with Gasteiger partial charge in [-0.3, -0.25) is 4.79 Å². The Balaban J connectivity index is 1.71. The summed E-state index contributed by atoms with van der Waals surface area (Å²) in [6.07, 6.45) is 4.50. The molecule has 1 aromatic carbocycles. The number of carbonyl (C=O) groups is 1. The van der Waals surface area contributed by atoms with Gasteiger partial charge in [0.25, 0.3) is 0 Å². The zero-order chi connectivity index (χ0) is 14.7. The third kappa shape index (κ3) is 2.96. The number of aromatic amines is 1. The summed E-state index contributed by atoms with van der Waals surface area (Å²) in [5.41, 5.74) is 1.59. The van der Waals surface area contributed by atoms with Gasteiger partial charge in [-0.2, -0.15) is 5.26 Å². The predicted octanol–water partition coefficient (Wildman–Crippen LogP) is 2.70. The topological polar surface area (TPSA) is 78.8 Å². The van der Waals surface area contributed by atoms with Crippen molar-refractivity contribution in [3.63, 3.8) is 0 Å². The molecule has 21 heavy (non-hydrogen) atoms. The summed E-state index contributed by atoms with van der Waals surface area (Å²) in [4.78, 5) is 19.6. The minimum atomic E-state index is -0.890. The van der Waals surface area contributed by atoms with Gasteiger partial charge in [-0.15, -0.1) is 0 Å². The van der Waals surface area contributed by atoms with Gasteiger partial charge in [-0.25, -0.2) is 4.98 Å². The summed E-state index contributed by atoms with van der Waals surface area (Å²) in [5, 5.41) is 9.28. The second kappa shape index (κ2) is 6.06. The average Bonchev–Trinajstić information content (AvgIpc) is 3.15. The predicted molar refractivity (Wildman–Crippen MR) is 77.7 cm³/mol. The molecule has 3 rings (SSSR count). The maximum atomic E-state index is 12.2. The molecule has 0 unspecified atom stereocenters. The minimum absolute atomic E-state index is 0.0139. The summed E-state index contributed by atoms with van der Waals surface area (Å²) in [5.74, 6) is -0.721. The molecule has 1 fully saturated rings. The average molecular weight is 283 g/mol. The molecule has 1 aliphatic carbocycles. The standard InChI is InChI=1S/C16H17N3O2/c17-9-12(15(20)10-21-11-5-1-2-6-11)16-18-13-7-3-4-8-14(13)19-16/h3-4,7-8,11-12H,1-2,5-6,10H2,(H,18,19)/t12-/m0/s1. The van der Waals surface area contributed by atoms with Crippen LogP contribution in [0.1, 0.15) is 37.4 Å². The molecule has 2 aromatic rings. The van der Waals surface area contributed by atoms with Crippen LogP contribution < -0.4 is 0 Å². The van der Waals surface area contributed by atoms with E-state index in [1.54, 1.807) is 0 Å².